The monoisotopic (exact) mass is 449 g/mol. The summed E-state index contributed by atoms with van der Waals surface area (Å²) < 4.78 is 35.9. The molecule has 8 heteroatoms. The van der Waals surface area contributed by atoms with Crippen molar-refractivity contribution in [2.24, 2.45) is 7.05 Å². The number of carbonyl (C=O) groups is 1. The second kappa shape index (κ2) is 8.39. The molecule has 0 aliphatic carbocycles. The molecule has 0 aliphatic rings. The molecule has 0 fully saturated rings. The molecule has 4 rings (SSSR count). The van der Waals surface area contributed by atoms with E-state index in [1.807, 2.05) is 35.9 Å². The number of aryl methyl sites for hydroxylation is 2. The van der Waals surface area contributed by atoms with Crippen molar-refractivity contribution in [2.75, 3.05) is 17.1 Å². The summed E-state index contributed by atoms with van der Waals surface area (Å²) >= 11 is 0. The molecule has 32 heavy (non-hydrogen) atoms. The molecule has 3 aromatic carbocycles. The largest absolute Gasteiger partial charge is 0.495 e. The first-order valence-electron chi connectivity index (χ1n) is 9.92. The maximum Gasteiger partial charge on any atom is 0.262 e. The molecule has 0 bridgehead atoms. The van der Waals surface area contributed by atoms with E-state index in [-0.39, 0.29) is 10.8 Å². The lowest BCUT2D eigenvalue weighted by Crippen LogP contribution is -2.16. The highest BCUT2D eigenvalue weighted by molar-refractivity contribution is 7.92. The molecule has 4 aromatic rings. The van der Waals surface area contributed by atoms with E-state index in [1.165, 1.54) is 13.2 Å². The van der Waals surface area contributed by atoms with Gasteiger partial charge in [-0.1, -0.05) is 36.4 Å². The maximum atomic E-state index is 13.1. The lowest BCUT2D eigenvalue weighted by Gasteiger charge is -2.14. The highest BCUT2D eigenvalue weighted by Gasteiger charge is 2.20. The molecular weight excluding hydrogens is 426 g/mol. The van der Waals surface area contributed by atoms with Gasteiger partial charge >= 0.3 is 0 Å². The Labute approximate surface area is 186 Å². The van der Waals surface area contributed by atoms with E-state index < -0.39 is 10.0 Å². The van der Waals surface area contributed by atoms with Crippen molar-refractivity contribution in [3.05, 3.63) is 84.1 Å². The Kier molecular flexibility index (Phi) is 5.63. The Balaban J connectivity index is 1.64. The summed E-state index contributed by atoms with van der Waals surface area (Å²) in [6, 6.07) is 19.2. The number of hydrogen-bond donors (Lipinski definition) is 2. The third kappa shape index (κ3) is 4.04. The third-order valence-corrected chi connectivity index (χ3v) is 6.74. The normalized spacial score (nSPS) is 11.3. The van der Waals surface area contributed by atoms with Crippen molar-refractivity contribution >= 4 is 38.2 Å². The van der Waals surface area contributed by atoms with E-state index in [1.54, 1.807) is 49.5 Å². The van der Waals surface area contributed by atoms with E-state index in [4.69, 9.17) is 4.74 Å². The Morgan fingerprint density at radius 1 is 1.00 bits per heavy atom. The summed E-state index contributed by atoms with van der Waals surface area (Å²) in [6.45, 7) is 1.70. The number of benzene rings is 3. The van der Waals surface area contributed by atoms with Gasteiger partial charge in [0.2, 0.25) is 0 Å². The molecular formula is C24H23N3O4S. The van der Waals surface area contributed by atoms with Crippen LogP contribution in [-0.2, 0) is 17.1 Å². The van der Waals surface area contributed by atoms with Gasteiger partial charge in [0, 0.05) is 29.8 Å². The highest BCUT2D eigenvalue weighted by Crippen LogP contribution is 2.29. The van der Waals surface area contributed by atoms with Crippen molar-refractivity contribution < 1.29 is 17.9 Å². The fraction of sp³-hybridized carbons (Fsp3) is 0.125. The van der Waals surface area contributed by atoms with Gasteiger partial charge < -0.3 is 14.6 Å². The van der Waals surface area contributed by atoms with E-state index in [9.17, 15) is 13.2 Å². The smallest absolute Gasteiger partial charge is 0.262 e. The van der Waals surface area contributed by atoms with Gasteiger partial charge in [-0.3, -0.25) is 9.52 Å². The number of rotatable bonds is 6. The predicted molar refractivity (Wildman–Crippen MR) is 126 cm³/mol. The van der Waals surface area contributed by atoms with Crippen LogP contribution in [0.25, 0.3) is 10.9 Å². The van der Waals surface area contributed by atoms with E-state index >= 15 is 0 Å². The molecule has 0 saturated carbocycles. The van der Waals surface area contributed by atoms with Gasteiger partial charge in [0.1, 0.15) is 5.75 Å². The number of para-hydroxylation sites is 3. The van der Waals surface area contributed by atoms with Gasteiger partial charge in [0.15, 0.2) is 0 Å². The van der Waals surface area contributed by atoms with Crippen LogP contribution in [0.2, 0.25) is 0 Å². The minimum atomic E-state index is -3.92. The zero-order valence-electron chi connectivity index (χ0n) is 17.9. The van der Waals surface area contributed by atoms with Gasteiger partial charge in [-0.15, -0.1) is 0 Å². The molecule has 0 saturated heterocycles. The summed E-state index contributed by atoms with van der Waals surface area (Å²) in [5, 5.41) is 3.64. The van der Waals surface area contributed by atoms with Crippen LogP contribution in [0.1, 0.15) is 15.9 Å². The average Bonchev–Trinajstić information content (AvgIpc) is 3.12. The summed E-state index contributed by atoms with van der Waals surface area (Å²) in [6.07, 6.45) is 1.76. The molecule has 0 aliphatic heterocycles. The SMILES string of the molecule is COc1ccccc1NS(=O)(=O)c1cc(NC(=O)c2cn(C)c3ccccc23)ccc1C. The van der Waals surface area contributed by atoms with Crippen molar-refractivity contribution in [1.29, 1.82) is 0 Å². The second-order valence-corrected chi connectivity index (χ2v) is 9.06. The Hall–Kier alpha value is -3.78. The number of sulfonamides is 1. The van der Waals surface area contributed by atoms with Crippen molar-refractivity contribution in [2.45, 2.75) is 11.8 Å². The molecule has 0 spiro atoms. The zero-order valence-corrected chi connectivity index (χ0v) is 18.7. The average molecular weight is 450 g/mol. The number of methoxy groups -OCH3 is 1. The van der Waals surface area contributed by atoms with Gasteiger partial charge in [0.05, 0.1) is 23.3 Å². The van der Waals surface area contributed by atoms with Crippen LogP contribution >= 0.6 is 0 Å². The Morgan fingerprint density at radius 3 is 2.50 bits per heavy atom. The second-order valence-electron chi connectivity index (χ2n) is 7.41. The molecule has 0 radical (unpaired) electrons. The van der Waals surface area contributed by atoms with Crippen molar-refractivity contribution in [3.8, 4) is 5.75 Å². The number of hydrogen-bond acceptors (Lipinski definition) is 4. The number of fused-ring (bicyclic) bond motifs is 1. The number of ether oxygens (including phenoxy) is 1. The van der Waals surface area contributed by atoms with Crippen LogP contribution in [0.5, 0.6) is 5.75 Å². The molecule has 2 N–H and O–H groups in total. The molecule has 7 nitrogen and oxygen atoms in total. The number of amides is 1. The van der Waals surface area contributed by atoms with Crippen LogP contribution in [0.3, 0.4) is 0 Å². The lowest BCUT2D eigenvalue weighted by atomic mass is 10.1. The Bertz CT molecular complexity index is 1420. The van der Waals surface area contributed by atoms with E-state index in [0.29, 0.717) is 28.3 Å². The van der Waals surface area contributed by atoms with Gasteiger partial charge in [-0.25, -0.2) is 8.42 Å². The summed E-state index contributed by atoms with van der Waals surface area (Å²) in [4.78, 5) is 13.0. The van der Waals surface area contributed by atoms with Crippen LogP contribution in [0, 0.1) is 6.92 Å². The van der Waals surface area contributed by atoms with Gasteiger partial charge in [-0.05, 0) is 42.8 Å². The van der Waals surface area contributed by atoms with Crippen LogP contribution in [-0.4, -0.2) is 26.0 Å². The third-order valence-electron chi connectivity index (χ3n) is 5.23. The molecule has 1 amide bonds. The topological polar surface area (TPSA) is 89.4 Å². The van der Waals surface area contributed by atoms with Gasteiger partial charge in [-0.2, -0.15) is 0 Å². The molecule has 1 aromatic heterocycles. The van der Waals surface area contributed by atoms with E-state index in [2.05, 4.69) is 10.0 Å². The van der Waals surface area contributed by atoms with Crippen LogP contribution in [0.4, 0.5) is 11.4 Å². The Morgan fingerprint density at radius 2 is 1.72 bits per heavy atom. The van der Waals surface area contributed by atoms with E-state index in [0.717, 1.165) is 10.9 Å². The molecule has 164 valence electrons. The number of nitrogens with zero attached hydrogens (tertiary/aromatic N) is 1. The van der Waals surface area contributed by atoms with Crippen LogP contribution < -0.4 is 14.8 Å². The fourth-order valence-electron chi connectivity index (χ4n) is 3.62. The first-order chi connectivity index (χ1) is 15.3. The van der Waals surface area contributed by atoms with Crippen LogP contribution in [0.15, 0.2) is 77.8 Å². The number of carbonyl (C=O) groups excluding carboxylic acids is 1. The predicted octanol–water partition coefficient (Wildman–Crippen LogP) is 4.55. The standard InChI is InChI=1S/C24H23N3O4S/c1-16-12-13-17(25-24(28)19-15-27(2)21-10-6-4-8-18(19)21)14-23(16)32(29,30)26-20-9-5-7-11-22(20)31-3/h4-15,26H,1-3H3,(H,25,28). The quantitative estimate of drug-likeness (QED) is 0.452. The molecule has 0 unspecified atom stereocenters. The lowest BCUT2D eigenvalue weighted by molar-refractivity contribution is 0.102. The highest BCUT2D eigenvalue weighted by atomic mass is 32.2. The number of nitrogens with one attached hydrogen (secondary N) is 2. The van der Waals surface area contributed by atoms with Gasteiger partial charge in [0.25, 0.3) is 15.9 Å². The number of aromatic nitrogens is 1. The molecule has 0 atom stereocenters. The summed E-state index contributed by atoms with van der Waals surface area (Å²) in [5.41, 5.74) is 2.72. The summed E-state index contributed by atoms with van der Waals surface area (Å²) in [5.74, 6) is 0.0980. The minimum Gasteiger partial charge on any atom is -0.495 e. The zero-order chi connectivity index (χ0) is 22.9. The fourth-order valence-corrected chi connectivity index (χ4v) is 4.96. The first kappa shape index (κ1) is 21.5. The summed E-state index contributed by atoms with van der Waals surface area (Å²) in [7, 11) is -0.567. The first-order valence-corrected chi connectivity index (χ1v) is 11.4. The van der Waals surface area contributed by atoms with Crippen molar-refractivity contribution in [3.63, 3.8) is 0 Å². The molecule has 1 heterocycles. The number of anilines is 2. The van der Waals surface area contributed by atoms with Crippen molar-refractivity contribution in [1.82, 2.24) is 4.57 Å². The maximum absolute atomic E-state index is 13.1. The minimum absolute atomic E-state index is 0.0686.